The molecule has 1 aliphatic carbocycles. The van der Waals surface area contributed by atoms with Gasteiger partial charge in [-0.1, -0.05) is 121 Å². The number of aromatic nitrogens is 2. The zero-order chi connectivity index (χ0) is 32.5. The van der Waals surface area contributed by atoms with Crippen molar-refractivity contribution in [3.63, 3.8) is 0 Å². The van der Waals surface area contributed by atoms with Crippen LogP contribution in [0.25, 0.3) is 50.4 Å². The maximum absolute atomic E-state index is 10.0. The van der Waals surface area contributed by atoms with Gasteiger partial charge >= 0.3 is 0 Å². The summed E-state index contributed by atoms with van der Waals surface area (Å²) in [6.45, 7) is 0. The van der Waals surface area contributed by atoms with Crippen LogP contribution in [0.4, 0.5) is 0 Å². The van der Waals surface area contributed by atoms with Crippen molar-refractivity contribution in [3.8, 4) is 45.4 Å². The molecule has 0 radical (unpaired) electrons. The molecule has 2 heterocycles. The Balaban J connectivity index is 1.15. The van der Waals surface area contributed by atoms with Gasteiger partial charge in [0.2, 0.25) is 0 Å². The Labute approximate surface area is 288 Å². The zero-order valence-corrected chi connectivity index (χ0v) is 27.2. The quantitative estimate of drug-likeness (QED) is 0.193. The van der Waals surface area contributed by atoms with Gasteiger partial charge in [0, 0.05) is 21.0 Å². The number of nitrogens with zero attached hydrogens (tertiary/aromatic N) is 3. The number of imidazole rings is 1. The molecule has 0 saturated carbocycles. The van der Waals surface area contributed by atoms with Crippen molar-refractivity contribution in [2.45, 2.75) is 15.2 Å². The Morgan fingerprint density at radius 1 is 0.531 bits per heavy atom. The summed E-state index contributed by atoms with van der Waals surface area (Å²) in [4.78, 5) is 7.51. The summed E-state index contributed by atoms with van der Waals surface area (Å²) in [6, 6.07) is 60.7. The van der Waals surface area contributed by atoms with E-state index in [1.54, 1.807) is 11.8 Å². The summed E-state index contributed by atoms with van der Waals surface area (Å²) < 4.78 is 2.24. The summed E-state index contributed by atoms with van der Waals surface area (Å²) in [5.74, 6) is 0.920. The smallest absolute Gasteiger partial charge is 0.145 e. The molecule has 0 bridgehead atoms. The summed E-state index contributed by atoms with van der Waals surface area (Å²) >= 11 is 1.80. The van der Waals surface area contributed by atoms with Crippen molar-refractivity contribution in [1.29, 1.82) is 5.26 Å². The highest BCUT2D eigenvalue weighted by molar-refractivity contribution is 7.99. The minimum Gasteiger partial charge on any atom is -0.292 e. The van der Waals surface area contributed by atoms with Crippen LogP contribution in [0.15, 0.2) is 174 Å². The first kappa shape index (κ1) is 27.9. The molecule has 1 spiro atoms. The van der Waals surface area contributed by atoms with Gasteiger partial charge in [0.05, 0.1) is 28.1 Å². The average molecular weight is 642 g/mol. The van der Waals surface area contributed by atoms with Crippen LogP contribution in [0, 0.1) is 11.3 Å². The van der Waals surface area contributed by atoms with Gasteiger partial charge in [-0.3, -0.25) is 4.57 Å². The average Bonchev–Trinajstić information content (AvgIpc) is 3.70. The molecule has 49 heavy (non-hydrogen) atoms. The summed E-state index contributed by atoms with van der Waals surface area (Å²) in [5.41, 5.74) is 14.1. The topological polar surface area (TPSA) is 41.6 Å². The zero-order valence-electron chi connectivity index (χ0n) is 26.3. The molecule has 8 aromatic rings. The Kier molecular flexibility index (Phi) is 6.09. The maximum Gasteiger partial charge on any atom is 0.145 e. The Morgan fingerprint density at radius 2 is 1.12 bits per heavy atom. The van der Waals surface area contributed by atoms with E-state index in [-0.39, 0.29) is 0 Å². The van der Waals surface area contributed by atoms with Crippen LogP contribution in [0.3, 0.4) is 0 Å². The van der Waals surface area contributed by atoms with E-state index in [0.717, 1.165) is 39.2 Å². The van der Waals surface area contributed by atoms with Crippen LogP contribution in [-0.4, -0.2) is 9.55 Å². The third kappa shape index (κ3) is 4.00. The number of rotatable bonds is 3. The Morgan fingerprint density at radius 3 is 1.86 bits per heavy atom. The third-order valence-electron chi connectivity index (χ3n) is 10.1. The minimum absolute atomic E-state index is 0.535. The van der Waals surface area contributed by atoms with E-state index in [1.807, 2.05) is 18.2 Å². The number of nitriles is 1. The third-order valence-corrected chi connectivity index (χ3v) is 11.3. The second-order valence-electron chi connectivity index (χ2n) is 12.6. The molecule has 0 atom stereocenters. The molecule has 10 rings (SSSR count). The van der Waals surface area contributed by atoms with E-state index >= 15 is 0 Å². The van der Waals surface area contributed by atoms with Crippen molar-refractivity contribution >= 4 is 22.8 Å². The monoisotopic (exact) mass is 641 g/mol. The highest BCUT2D eigenvalue weighted by Crippen LogP contribution is 2.62. The van der Waals surface area contributed by atoms with Crippen LogP contribution in [-0.2, 0) is 5.41 Å². The first-order valence-electron chi connectivity index (χ1n) is 16.4. The van der Waals surface area contributed by atoms with Gasteiger partial charge in [-0.15, -0.1) is 0 Å². The lowest BCUT2D eigenvalue weighted by atomic mass is 9.66. The maximum atomic E-state index is 10.0. The van der Waals surface area contributed by atoms with E-state index in [2.05, 4.69) is 156 Å². The van der Waals surface area contributed by atoms with Crippen LogP contribution in [0.5, 0.6) is 0 Å². The number of para-hydroxylation sites is 3. The Hall–Kier alpha value is -6.15. The molecular formula is C45H27N3S. The standard InChI is InChI=1S/C45H27N3S/c46-28-29-18-24-42-38(26-29)45(36-14-6-4-12-34(36)35-13-5-7-15-37(35)45)39-27-32(23-25-43(39)49-42)30-19-21-31(22-20-30)44-47-40-16-8-9-17-41(40)48(44)33-10-2-1-3-11-33/h1-27H. The molecule has 1 aromatic heterocycles. The van der Waals surface area contributed by atoms with Gasteiger partial charge < -0.3 is 0 Å². The van der Waals surface area contributed by atoms with Gasteiger partial charge in [0.1, 0.15) is 5.82 Å². The van der Waals surface area contributed by atoms with Crippen LogP contribution in [0.1, 0.15) is 27.8 Å². The molecule has 7 aromatic carbocycles. The molecule has 0 saturated heterocycles. The number of fused-ring (bicyclic) bond motifs is 10. The van der Waals surface area contributed by atoms with Crippen molar-refractivity contribution in [2.75, 3.05) is 0 Å². The van der Waals surface area contributed by atoms with Crippen LogP contribution >= 0.6 is 11.8 Å². The molecule has 2 aliphatic rings. The van der Waals surface area contributed by atoms with Gasteiger partial charge in [-0.25, -0.2) is 4.98 Å². The van der Waals surface area contributed by atoms with Crippen LogP contribution in [0.2, 0.25) is 0 Å². The van der Waals surface area contributed by atoms with E-state index in [4.69, 9.17) is 4.98 Å². The summed E-state index contributed by atoms with van der Waals surface area (Å²) in [6.07, 6.45) is 0. The van der Waals surface area contributed by atoms with E-state index in [1.165, 1.54) is 43.2 Å². The lowest BCUT2D eigenvalue weighted by molar-refractivity contribution is 0.722. The molecule has 3 nitrogen and oxygen atoms in total. The number of hydrogen-bond donors (Lipinski definition) is 0. The summed E-state index contributed by atoms with van der Waals surface area (Å²) in [5, 5.41) is 10.0. The van der Waals surface area contributed by atoms with Gasteiger partial charge in [-0.05, 0) is 99.1 Å². The predicted octanol–water partition coefficient (Wildman–Crippen LogP) is 11.1. The fourth-order valence-corrected chi connectivity index (χ4v) is 9.17. The van der Waals surface area contributed by atoms with E-state index in [9.17, 15) is 5.26 Å². The molecule has 4 heteroatoms. The van der Waals surface area contributed by atoms with Gasteiger partial charge in [-0.2, -0.15) is 5.26 Å². The molecule has 0 N–H and O–H groups in total. The minimum atomic E-state index is -0.535. The number of benzene rings is 7. The predicted molar refractivity (Wildman–Crippen MR) is 198 cm³/mol. The fourth-order valence-electron chi connectivity index (χ4n) is 8.02. The lowest BCUT2D eigenvalue weighted by Gasteiger charge is -2.40. The van der Waals surface area contributed by atoms with E-state index < -0.39 is 5.41 Å². The molecule has 0 fully saturated rings. The highest BCUT2D eigenvalue weighted by Gasteiger charge is 2.50. The Bertz CT molecular complexity index is 2600. The molecule has 228 valence electrons. The molecular weight excluding hydrogens is 615 g/mol. The van der Waals surface area contributed by atoms with Gasteiger partial charge in [0.15, 0.2) is 0 Å². The first-order valence-corrected chi connectivity index (χ1v) is 17.3. The highest BCUT2D eigenvalue weighted by atomic mass is 32.2. The van der Waals surface area contributed by atoms with Crippen molar-refractivity contribution in [3.05, 3.63) is 192 Å². The number of hydrogen-bond acceptors (Lipinski definition) is 3. The van der Waals surface area contributed by atoms with Crippen LogP contribution < -0.4 is 0 Å². The van der Waals surface area contributed by atoms with Crippen molar-refractivity contribution in [2.24, 2.45) is 0 Å². The second-order valence-corrected chi connectivity index (χ2v) is 13.7. The fraction of sp³-hybridized carbons (Fsp3) is 0.0222. The first-order chi connectivity index (χ1) is 24.2. The molecule has 1 aliphatic heterocycles. The summed E-state index contributed by atoms with van der Waals surface area (Å²) in [7, 11) is 0. The largest absolute Gasteiger partial charge is 0.292 e. The molecule has 0 unspecified atom stereocenters. The second kappa shape index (κ2) is 10.7. The molecule has 0 amide bonds. The van der Waals surface area contributed by atoms with Gasteiger partial charge in [0.25, 0.3) is 0 Å². The normalized spacial score (nSPS) is 13.4. The lowest BCUT2D eigenvalue weighted by Crippen LogP contribution is -2.32. The van der Waals surface area contributed by atoms with Crippen molar-refractivity contribution < 1.29 is 0 Å². The van der Waals surface area contributed by atoms with E-state index in [0.29, 0.717) is 5.56 Å². The SMILES string of the molecule is N#Cc1ccc2c(c1)C1(c3cc(-c4ccc(-c5nc6ccccc6n5-c5ccccc5)cc4)ccc3S2)c2ccccc2-c2ccccc21. The van der Waals surface area contributed by atoms with Crippen molar-refractivity contribution in [1.82, 2.24) is 9.55 Å².